The number of thiazole rings is 1. The highest BCUT2D eigenvalue weighted by Gasteiger charge is 2.34. The summed E-state index contributed by atoms with van der Waals surface area (Å²) >= 11 is 3.82. The van der Waals surface area contributed by atoms with E-state index in [-0.39, 0.29) is 0 Å². The average molecular weight is 352 g/mol. The topological polar surface area (TPSA) is 38.7 Å². The van der Waals surface area contributed by atoms with Gasteiger partial charge in [-0.2, -0.15) is 13.2 Å². The van der Waals surface area contributed by atoms with Crippen molar-refractivity contribution in [3.63, 3.8) is 0 Å². The normalized spacial score (nSPS) is 11.8. The minimum absolute atomic E-state index is 0.382. The predicted molar refractivity (Wildman–Crippen MR) is 69.8 cm³/mol. The molecular weight excluding hydrogens is 343 g/mol. The van der Waals surface area contributed by atoms with Gasteiger partial charge in [-0.15, -0.1) is 11.3 Å². The molecule has 102 valence electrons. The molecule has 0 amide bonds. The van der Waals surface area contributed by atoms with Gasteiger partial charge in [0.25, 0.3) is 0 Å². The van der Waals surface area contributed by atoms with Gasteiger partial charge in [0, 0.05) is 12.6 Å². The van der Waals surface area contributed by atoms with E-state index in [0.29, 0.717) is 38.8 Å². The van der Waals surface area contributed by atoms with E-state index < -0.39 is 11.2 Å². The number of hydrogen-bond donors (Lipinski definition) is 0. The number of halogens is 4. The number of alkyl halides is 3. The Morgan fingerprint density at radius 3 is 2.63 bits per heavy atom. The molecule has 2 rings (SSSR count). The van der Waals surface area contributed by atoms with Crippen molar-refractivity contribution in [3.8, 4) is 10.6 Å². The lowest BCUT2D eigenvalue weighted by Gasteiger charge is -2.02. The fraction of sp³-hybridized carbons (Fsp3) is 0.364. The molecule has 8 heteroatoms. The molecule has 0 spiro atoms. The second kappa shape index (κ2) is 5.54. The van der Waals surface area contributed by atoms with Gasteiger partial charge in [0.15, 0.2) is 5.01 Å². The molecule has 0 unspecified atom stereocenters. The van der Waals surface area contributed by atoms with E-state index in [1.807, 2.05) is 6.92 Å². The van der Waals surface area contributed by atoms with Crippen LogP contribution in [0.5, 0.6) is 0 Å². The molecule has 0 aliphatic rings. The Hall–Kier alpha value is -1.02. The molecule has 0 radical (unpaired) electrons. The third-order valence-corrected chi connectivity index (χ3v) is 3.69. The Morgan fingerprint density at radius 2 is 2.05 bits per heavy atom. The van der Waals surface area contributed by atoms with Gasteiger partial charge in [-0.05, 0) is 28.4 Å². The van der Waals surface area contributed by atoms with Gasteiger partial charge in [-0.1, -0.05) is 6.92 Å². The van der Waals surface area contributed by atoms with Crippen molar-refractivity contribution in [3.05, 3.63) is 27.7 Å². The highest BCUT2D eigenvalue weighted by molar-refractivity contribution is 9.10. The molecule has 3 nitrogen and oxygen atoms in total. The molecule has 0 saturated heterocycles. The first-order valence-corrected chi connectivity index (χ1v) is 7.08. The van der Waals surface area contributed by atoms with Crippen molar-refractivity contribution in [1.82, 2.24) is 15.0 Å². The highest BCUT2D eigenvalue weighted by Crippen LogP contribution is 2.36. The maximum absolute atomic E-state index is 12.5. The highest BCUT2D eigenvalue weighted by atomic mass is 79.9. The van der Waals surface area contributed by atoms with Crippen LogP contribution in [0, 0.1) is 0 Å². The maximum atomic E-state index is 12.5. The van der Waals surface area contributed by atoms with Crippen molar-refractivity contribution < 1.29 is 13.2 Å². The van der Waals surface area contributed by atoms with E-state index >= 15 is 0 Å². The monoisotopic (exact) mass is 351 g/mol. The molecule has 0 N–H and O–H groups in total. The van der Waals surface area contributed by atoms with Crippen LogP contribution in [0.3, 0.4) is 0 Å². The zero-order valence-electron chi connectivity index (χ0n) is 9.83. The second-order valence-corrected chi connectivity index (χ2v) is 5.61. The molecule has 19 heavy (non-hydrogen) atoms. The molecule has 0 saturated carbocycles. The molecule has 2 aromatic rings. The van der Waals surface area contributed by atoms with Gasteiger partial charge < -0.3 is 0 Å². The van der Waals surface area contributed by atoms with Crippen LogP contribution in [0.4, 0.5) is 13.2 Å². The van der Waals surface area contributed by atoms with E-state index in [1.165, 1.54) is 6.20 Å². The van der Waals surface area contributed by atoms with Crippen LogP contribution < -0.4 is 0 Å². The quantitative estimate of drug-likeness (QED) is 0.772. The van der Waals surface area contributed by atoms with Crippen molar-refractivity contribution in [2.45, 2.75) is 25.9 Å². The standard InChI is InChI=1S/C11H9BrF3N3S/c1-2-3-9-17-6(4-8(12)18-9)7-5-16-10(19-7)11(13,14)15/h4-5H,2-3H2,1H3. The number of hydrogen-bond acceptors (Lipinski definition) is 4. The van der Waals surface area contributed by atoms with E-state index in [1.54, 1.807) is 6.07 Å². The van der Waals surface area contributed by atoms with Crippen LogP contribution in [-0.4, -0.2) is 15.0 Å². The average Bonchev–Trinajstić information content (AvgIpc) is 2.77. The Morgan fingerprint density at radius 1 is 1.32 bits per heavy atom. The number of nitrogens with zero attached hydrogens (tertiary/aromatic N) is 3. The fourth-order valence-electron chi connectivity index (χ4n) is 1.45. The number of aryl methyl sites for hydroxylation is 1. The van der Waals surface area contributed by atoms with Crippen LogP contribution >= 0.6 is 27.3 Å². The van der Waals surface area contributed by atoms with E-state index in [4.69, 9.17) is 0 Å². The first-order valence-electron chi connectivity index (χ1n) is 5.47. The maximum Gasteiger partial charge on any atom is 0.443 e. The summed E-state index contributed by atoms with van der Waals surface area (Å²) in [5.41, 5.74) is 0.457. The number of rotatable bonds is 3. The van der Waals surface area contributed by atoms with Gasteiger partial charge in [-0.25, -0.2) is 15.0 Å². The summed E-state index contributed by atoms with van der Waals surface area (Å²) < 4.78 is 38.1. The molecular formula is C11H9BrF3N3S. The summed E-state index contributed by atoms with van der Waals surface area (Å²) in [5.74, 6) is 0.605. The summed E-state index contributed by atoms with van der Waals surface area (Å²) in [6, 6.07) is 1.59. The van der Waals surface area contributed by atoms with E-state index in [2.05, 4.69) is 30.9 Å². The molecule has 0 fully saturated rings. The smallest absolute Gasteiger partial charge is 0.240 e. The first-order chi connectivity index (χ1) is 8.90. The summed E-state index contributed by atoms with van der Waals surface area (Å²) in [5, 5.41) is -0.866. The van der Waals surface area contributed by atoms with Crippen molar-refractivity contribution >= 4 is 27.3 Å². The molecule has 0 aliphatic carbocycles. The third kappa shape index (κ3) is 3.50. The van der Waals surface area contributed by atoms with Crippen LogP contribution in [0.2, 0.25) is 0 Å². The summed E-state index contributed by atoms with van der Waals surface area (Å²) in [4.78, 5) is 12.2. The lowest BCUT2D eigenvalue weighted by Crippen LogP contribution is -2.02. The lowest BCUT2D eigenvalue weighted by atomic mass is 10.3. The summed E-state index contributed by atoms with van der Waals surface area (Å²) in [6.45, 7) is 1.98. The predicted octanol–water partition coefficient (Wildman–Crippen LogP) is 4.33. The third-order valence-electron chi connectivity index (χ3n) is 2.22. The largest absolute Gasteiger partial charge is 0.443 e. The van der Waals surface area contributed by atoms with Crippen molar-refractivity contribution in [1.29, 1.82) is 0 Å². The van der Waals surface area contributed by atoms with Gasteiger partial charge >= 0.3 is 6.18 Å². The zero-order valence-corrected chi connectivity index (χ0v) is 12.2. The van der Waals surface area contributed by atoms with Gasteiger partial charge in [0.05, 0.1) is 10.6 Å². The first kappa shape index (κ1) is 14.4. The van der Waals surface area contributed by atoms with Crippen LogP contribution in [-0.2, 0) is 12.6 Å². The van der Waals surface area contributed by atoms with Crippen LogP contribution in [0.1, 0.15) is 24.2 Å². The Balaban J connectivity index is 2.38. The molecule has 2 heterocycles. The van der Waals surface area contributed by atoms with Gasteiger partial charge in [-0.3, -0.25) is 0 Å². The van der Waals surface area contributed by atoms with Gasteiger partial charge in [0.2, 0.25) is 0 Å². The van der Waals surface area contributed by atoms with Crippen molar-refractivity contribution in [2.75, 3.05) is 0 Å². The molecule has 0 aromatic carbocycles. The van der Waals surface area contributed by atoms with Crippen LogP contribution in [0.25, 0.3) is 10.6 Å². The van der Waals surface area contributed by atoms with Gasteiger partial charge in [0.1, 0.15) is 10.4 Å². The van der Waals surface area contributed by atoms with E-state index in [9.17, 15) is 13.2 Å². The van der Waals surface area contributed by atoms with Crippen molar-refractivity contribution in [2.24, 2.45) is 0 Å². The lowest BCUT2D eigenvalue weighted by molar-refractivity contribution is -0.137. The van der Waals surface area contributed by atoms with E-state index in [0.717, 1.165) is 6.42 Å². The zero-order chi connectivity index (χ0) is 14.0. The molecule has 2 aromatic heterocycles. The fourth-order valence-corrected chi connectivity index (χ4v) is 2.62. The Bertz CT molecular complexity index is 583. The molecule has 0 atom stereocenters. The summed E-state index contributed by atoms with van der Waals surface area (Å²) in [7, 11) is 0. The SMILES string of the molecule is CCCc1nc(Br)cc(-c2cnc(C(F)(F)F)s2)n1. The minimum Gasteiger partial charge on any atom is -0.240 e. The minimum atomic E-state index is -4.42. The second-order valence-electron chi connectivity index (χ2n) is 3.77. The van der Waals surface area contributed by atoms with Crippen LogP contribution in [0.15, 0.2) is 16.9 Å². The molecule has 0 aliphatic heterocycles. The summed E-state index contributed by atoms with van der Waals surface area (Å²) in [6.07, 6.45) is -1.68. The number of aromatic nitrogens is 3. The Kier molecular flexibility index (Phi) is 4.19. The molecule has 0 bridgehead atoms. The Labute approximate surface area is 120 Å².